The Balaban J connectivity index is 1.51. The zero-order valence-electron chi connectivity index (χ0n) is 20.0. The molecule has 7 nitrogen and oxygen atoms in total. The van der Waals surface area contributed by atoms with Gasteiger partial charge >= 0.3 is 5.91 Å². The molecular formula is C28H22ClN3O4S. The largest absolute Gasteiger partial charge is 0.507 e. The van der Waals surface area contributed by atoms with E-state index in [0.29, 0.717) is 33.5 Å². The lowest BCUT2D eigenvalue weighted by Crippen LogP contribution is -2.29. The second-order valence-corrected chi connectivity index (χ2v) is 10.2. The van der Waals surface area contributed by atoms with E-state index in [1.807, 2.05) is 31.2 Å². The Morgan fingerprint density at radius 2 is 1.78 bits per heavy atom. The van der Waals surface area contributed by atoms with Gasteiger partial charge in [0.15, 0.2) is 0 Å². The number of ether oxygens (including phenoxy) is 1. The molecule has 1 saturated heterocycles. The molecule has 0 aliphatic carbocycles. The van der Waals surface area contributed by atoms with Crippen LogP contribution in [-0.4, -0.2) is 27.0 Å². The Labute approximate surface area is 222 Å². The van der Waals surface area contributed by atoms with Gasteiger partial charge in [-0.2, -0.15) is 0 Å². The third-order valence-electron chi connectivity index (χ3n) is 6.11. The van der Waals surface area contributed by atoms with Gasteiger partial charge in [0.2, 0.25) is 5.13 Å². The number of Topliss-reactive ketones (excluding diaryl/α,β-unsaturated/α-hetero) is 1. The number of nitrogens with zero attached hydrogens (tertiary/aromatic N) is 3. The molecule has 0 bridgehead atoms. The van der Waals surface area contributed by atoms with Crippen molar-refractivity contribution in [1.29, 1.82) is 0 Å². The van der Waals surface area contributed by atoms with Crippen molar-refractivity contribution in [3.63, 3.8) is 0 Å². The Morgan fingerprint density at radius 3 is 2.46 bits per heavy atom. The van der Waals surface area contributed by atoms with Crippen molar-refractivity contribution in [3.05, 3.63) is 111 Å². The molecule has 0 radical (unpaired) electrons. The fraction of sp³-hybridized carbons (Fsp3) is 0.143. The SMILES string of the molecule is Cc1nnc(N2C(=O)C(=O)C(=C(O)c3ccc(OCc4ccccc4C)cc3)C2c2cccc(Cl)c2)s1. The molecule has 1 unspecified atom stereocenters. The van der Waals surface area contributed by atoms with Gasteiger partial charge in [-0.25, -0.2) is 0 Å². The topological polar surface area (TPSA) is 92.6 Å². The monoisotopic (exact) mass is 531 g/mol. The van der Waals surface area contributed by atoms with Crippen LogP contribution in [0.2, 0.25) is 5.02 Å². The molecule has 1 amide bonds. The second-order valence-electron chi connectivity index (χ2n) is 8.57. The van der Waals surface area contributed by atoms with Gasteiger partial charge in [-0.05, 0) is 66.9 Å². The number of amides is 1. The molecule has 3 aromatic carbocycles. The Kier molecular flexibility index (Phi) is 6.78. The van der Waals surface area contributed by atoms with Crippen LogP contribution >= 0.6 is 22.9 Å². The molecule has 186 valence electrons. The number of aromatic nitrogens is 2. The van der Waals surface area contributed by atoms with Crippen LogP contribution in [0.4, 0.5) is 5.13 Å². The molecule has 9 heteroatoms. The third kappa shape index (κ3) is 4.85. The number of benzene rings is 3. The predicted molar refractivity (Wildman–Crippen MR) is 143 cm³/mol. The van der Waals surface area contributed by atoms with Crippen LogP contribution in [-0.2, 0) is 16.2 Å². The molecule has 5 rings (SSSR count). The summed E-state index contributed by atoms with van der Waals surface area (Å²) < 4.78 is 5.90. The second kappa shape index (κ2) is 10.2. The highest BCUT2D eigenvalue weighted by Crippen LogP contribution is 2.43. The number of aliphatic hydroxyl groups is 1. The summed E-state index contributed by atoms with van der Waals surface area (Å²) in [4.78, 5) is 27.6. The van der Waals surface area contributed by atoms with Crippen molar-refractivity contribution in [2.75, 3.05) is 4.90 Å². The predicted octanol–water partition coefficient (Wildman–Crippen LogP) is 6.01. The van der Waals surface area contributed by atoms with E-state index in [1.54, 1.807) is 55.5 Å². The first-order valence-corrected chi connectivity index (χ1v) is 12.7. The molecule has 1 fully saturated rings. The Morgan fingerprint density at radius 1 is 1.03 bits per heavy atom. The number of anilines is 1. The highest BCUT2D eigenvalue weighted by atomic mass is 35.5. The minimum atomic E-state index is -0.914. The molecule has 1 aromatic heterocycles. The summed E-state index contributed by atoms with van der Waals surface area (Å²) in [5, 5.41) is 20.7. The molecule has 1 aliphatic rings. The summed E-state index contributed by atoms with van der Waals surface area (Å²) in [5.74, 6) is -1.29. The first kappa shape index (κ1) is 24.7. The molecule has 2 heterocycles. The number of rotatable bonds is 6. The van der Waals surface area contributed by atoms with Crippen molar-refractivity contribution in [3.8, 4) is 5.75 Å². The fourth-order valence-electron chi connectivity index (χ4n) is 4.20. The molecule has 0 spiro atoms. The van der Waals surface area contributed by atoms with Gasteiger partial charge in [0, 0.05) is 10.6 Å². The zero-order chi connectivity index (χ0) is 26.1. The van der Waals surface area contributed by atoms with Crippen LogP contribution < -0.4 is 9.64 Å². The quantitative estimate of drug-likeness (QED) is 0.186. The van der Waals surface area contributed by atoms with Crippen molar-refractivity contribution >= 4 is 45.5 Å². The minimum Gasteiger partial charge on any atom is -0.507 e. The summed E-state index contributed by atoms with van der Waals surface area (Å²) in [6.07, 6.45) is 0. The molecule has 1 N–H and O–H groups in total. The van der Waals surface area contributed by atoms with Crippen molar-refractivity contribution < 1.29 is 19.4 Å². The molecular weight excluding hydrogens is 510 g/mol. The van der Waals surface area contributed by atoms with E-state index in [9.17, 15) is 14.7 Å². The van der Waals surface area contributed by atoms with Crippen LogP contribution in [0.25, 0.3) is 5.76 Å². The lowest BCUT2D eigenvalue weighted by molar-refractivity contribution is -0.132. The standard InChI is InChI=1S/C28H22ClN3O4S/c1-16-6-3-4-7-20(16)15-36-22-12-10-18(11-13-22)25(33)23-24(19-8-5-9-21(29)14-19)32(27(35)26(23)34)28-31-30-17(2)37-28/h3-14,24,33H,15H2,1-2H3. The molecule has 0 saturated carbocycles. The highest BCUT2D eigenvalue weighted by Gasteiger charge is 2.48. The lowest BCUT2D eigenvalue weighted by atomic mass is 9.95. The summed E-state index contributed by atoms with van der Waals surface area (Å²) in [7, 11) is 0. The number of aliphatic hydroxyl groups excluding tert-OH is 1. The van der Waals surface area contributed by atoms with E-state index in [-0.39, 0.29) is 16.5 Å². The van der Waals surface area contributed by atoms with Gasteiger partial charge < -0.3 is 9.84 Å². The van der Waals surface area contributed by atoms with Crippen LogP contribution in [0.1, 0.15) is 33.3 Å². The number of halogens is 1. The summed E-state index contributed by atoms with van der Waals surface area (Å²) in [5.41, 5.74) is 3.10. The van der Waals surface area contributed by atoms with Gasteiger partial charge in [0.1, 0.15) is 23.1 Å². The first-order valence-electron chi connectivity index (χ1n) is 11.5. The number of hydrogen-bond acceptors (Lipinski definition) is 7. The van der Waals surface area contributed by atoms with Crippen LogP contribution in [0, 0.1) is 13.8 Å². The number of hydrogen-bond donors (Lipinski definition) is 1. The van der Waals surface area contributed by atoms with Gasteiger partial charge in [0.25, 0.3) is 5.78 Å². The van der Waals surface area contributed by atoms with Gasteiger partial charge in [-0.3, -0.25) is 14.5 Å². The van der Waals surface area contributed by atoms with Gasteiger partial charge in [0.05, 0.1) is 11.6 Å². The van der Waals surface area contributed by atoms with E-state index in [1.165, 1.54) is 16.2 Å². The maximum Gasteiger partial charge on any atom is 0.301 e. The fourth-order valence-corrected chi connectivity index (χ4v) is 5.12. The smallest absolute Gasteiger partial charge is 0.301 e. The van der Waals surface area contributed by atoms with E-state index in [4.69, 9.17) is 16.3 Å². The third-order valence-corrected chi connectivity index (χ3v) is 7.19. The van der Waals surface area contributed by atoms with Crippen molar-refractivity contribution in [2.24, 2.45) is 0 Å². The van der Waals surface area contributed by atoms with Crippen molar-refractivity contribution in [1.82, 2.24) is 10.2 Å². The van der Waals surface area contributed by atoms with Gasteiger partial charge in [-0.1, -0.05) is 59.3 Å². The summed E-state index contributed by atoms with van der Waals surface area (Å²) in [6, 6.07) is 20.6. The van der Waals surface area contributed by atoms with E-state index >= 15 is 0 Å². The maximum absolute atomic E-state index is 13.2. The number of carbonyl (C=O) groups is 2. The van der Waals surface area contributed by atoms with Gasteiger partial charge in [-0.15, -0.1) is 10.2 Å². The average Bonchev–Trinajstić information content (AvgIpc) is 3.43. The number of carbonyl (C=O) groups excluding carboxylic acids is 2. The maximum atomic E-state index is 13.2. The average molecular weight is 532 g/mol. The van der Waals surface area contributed by atoms with E-state index in [2.05, 4.69) is 10.2 Å². The first-order chi connectivity index (χ1) is 17.8. The lowest BCUT2D eigenvalue weighted by Gasteiger charge is -2.22. The molecule has 1 atom stereocenters. The summed E-state index contributed by atoms with van der Waals surface area (Å²) >= 11 is 7.42. The zero-order valence-corrected chi connectivity index (χ0v) is 21.6. The van der Waals surface area contributed by atoms with Crippen molar-refractivity contribution in [2.45, 2.75) is 26.5 Å². The summed E-state index contributed by atoms with van der Waals surface area (Å²) in [6.45, 7) is 4.18. The minimum absolute atomic E-state index is 0.0475. The van der Waals surface area contributed by atoms with Crippen LogP contribution in [0.5, 0.6) is 5.75 Å². The molecule has 37 heavy (non-hydrogen) atoms. The Hall–Kier alpha value is -4.01. The van der Waals surface area contributed by atoms with Crippen LogP contribution in [0.3, 0.4) is 0 Å². The highest BCUT2D eigenvalue weighted by molar-refractivity contribution is 7.15. The Bertz CT molecular complexity index is 1530. The van der Waals surface area contributed by atoms with Crippen LogP contribution in [0.15, 0.2) is 78.4 Å². The normalized spacial score (nSPS) is 16.8. The van der Waals surface area contributed by atoms with E-state index in [0.717, 1.165) is 11.1 Å². The number of aryl methyl sites for hydroxylation is 2. The molecule has 4 aromatic rings. The van der Waals surface area contributed by atoms with E-state index < -0.39 is 17.7 Å². The number of ketones is 1. The molecule has 1 aliphatic heterocycles.